The number of aromatic nitrogens is 1. The SMILES string of the molecule is CCc1cccc(C)c1Nc1ccc(C(=O)N2CCC(C)CC2)nc1. The van der Waals surface area contributed by atoms with Gasteiger partial charge < -0.3 is 10.2 Å². The predicted molar refractivity (Wildman–Crippen MR) is 102 cm³/mol. The summed E-state index contributed by atoms with van der Waals surface area (Å²) in [5, 5.41) is 3.46. The molecule has 2 heterocycles. The van der Waals surface area contributed by atoms with Crippen LogP contribution in [0.3, 0.4) is 0 Å². The van der Waals surface area contributed by atoms with Gasteiger partial charge in [-0.15, -0.1) is 0 Å². The van der Waals surface area contributed by atoms with Gasteiger partial charge in [-0.3, -0.25) is 4.79 Å². The number of carbonyl (C=O) groups is 1. The Balaban J connectivity index is 1.72. The fraction of sp³-hybridized carbons (Fsp3) is 0.429. The van der Waals surface area contributed by atoms with Gasteiger partial charge in [0.15, 0.2) is 0 Å². The van der Waals surface area contributed by atoms with Crippen molar-refractivity contribution in [3.63, 3.8) is 0 Å². The van der Waals surface area contributed by atoms with Gasteiger partial charge in [0.1, 0.15) is 5.69 Å². The summed E-state index contributed by atoms with van der Waals surface area (Å²) >= 11 is 0. The van der Waals surface area contributed by atoms with Gasteiger partial charge in [0.05, 0.1) is 11.9 Å². The first kappa shape index (κ1) is 17.5. The van der Waals surface area contributed by atoms with Crippen LogP contribution in [0.15, 0.2) is 36.5 Å². The van der Waals surface area contributed by atoms with Gasteiger partial charge in [-0.25, -0.2) is 4.98 Å². The van der Waals surface area contributed by atoms with Crippen molar-refractivity contribution in [2.24, 2.45) is 5.92 Å². The van der Waals surface area contributed by atoms with E-state index in [1.165, 1.54) is 11.1 Å². The smallest absolute Gasteiger partial charge is 0.272 e. The molecule has 25 heavy (non-hydrogen) atoms. The maximum Gasteiger partial charge on any atom is 0.272 e. The van der Waals surface area contributed by atoms with Crippen LogP contribution in [0.2, 0.25) is 0 Å². The number of nitrogens with one attached hydrogen (secondary N) is 1. The first-order chi connectivity index (χ1) is 12.1. The molecule has 2 aromatic rings. The maximum absolute atomic E-state index is 12.6. The zero-order chi connectivity index (χ0) is 17.8. The molecule has 0 atom stereocenters. The Bertz CT molecular complexity index is 731. The van der Waals surface area contributed by atoms with Gasteiger partial charge in [0.2, 0.25) is 0 Å². The van der Waals surface area contributed by atoms with Crippen molar-refractivity contribution in [1.82, 2.24) is 9.88 Å². The Morgan fingerprint density at radius 1 is 1.24 bits per heavy atom. The van der Waals surface area contributed by atoms with Crippen LogP contribution in [-0.2, 0) is 6.42 Å². The van der Waals surface area contributed by atoms with E-state index in [1.54, 1.807) is 6.20 Å². The van der Waals surface area contributed by atoms with E-state index in [0.29, 0.717) is 11.6 Å². The van der Waals surface area contributed by atoms with Crippen molar-refractivity contribution >= 4 is 17.3 Å². The molecule has 0 unspecified atom stereocenters. The van der Waals surface area contributed by atoms with Crippen LogP contribution in [0.4, 0.5) is 11.4 Å². The number of carbonyl (C=O) groups excluding carboxylic acids is 1. The summed E-state index contributed by atoms with van der Waals surface area (Å²) < 4.78 is 0. The molecular formula is C21H27N3O. The second kappa shape index (κ2) is 7.68. The van der Waals surface area contributed by atoms with Crippen molar-refractivity contribution in [1.29, 1.82) is 0 Å². The quantitative estimate of drug-likeness (QED) is 0.889. The van der Waals surface area contributed by atoms with Crippen LogP contribution in [0.1, 0.15) is 48.3 Å². The Labute approximate surface area is 150 Å². The lowest BCUT2D eigenvalue weighted by molar-refractivity contribution is 0.0691. The lowest BCUT2D eigenvalue weighted by atomic mass is 9.99. The fourth-order valence-corrected chi connectivity index (χ4v) is 3.31. The van der Waals surface area contributed by atoms with Crippen molar-refractivity contribution < 1.29 is 4.79 Å². The van der Waals surface area contributed by atoms with E-state index in [2.05, 4.69) is 49.3 Å². The summed E-state index contributed by atoms with van der Waals surface area (Å²) in [7, 11) is 0. The van der Waals surface area contributed by atoms with Gasteiger partial charge in [-0.05, 0) is 55.4 Å². The number of aryl methyl sites for hydroxylation is 2. The van der Waals surface area contributed by atoms with E-state index >= 15 is 0 Å². The van der Waals surface area contributed by atoms with Crippen molar-refractivity contribution in [3.05, 3.63) is 53.3 Å². The summed E-state index contributed by atoms with van der Waals surface area (Å²) in [6.07, 6.45) is 4.89. The minimum atomic E-state index is 0.0450. The Hall–Kier alpha value is -2.36. The van der Waals surface area contributed by atoms with Crippen LogP contribution >= 0.6 is 0 Å². The number of para-hydroxylation sites is 1. The Morgan fingerprint density at radius 2 is 2.00 bits per heavy atom. The standard InChI is InChI=1S/C21H27N3O/c1-4-17-7-5-6-16(3)20(17)23-18-8-9-19(22-14-18)21(25)24-12-10-15(2)11-13-24/h5-9,14-15,23H,4,10-13H2,1-3H3. The number of amides is 1. The third-order valence-corrected chi connectivity index (χ3v) is 5.06. The zero-order valence-electron chi connectivity index (χ0n) is 15.4. The van der Waals surface area contributed by atoms with Gasteiger partial charge in [0, 0.05) is 18.8 Å². The average Bonchev–Trinajstić information content (AvgIpc) is 2.64. The highest BCUT2D eigenvalue weighted by Gasteiger charge is 2.22. The molecule has 4 nitrogen and oxygen atoms in total. The van der Waals surface area contributed by atoms with Crippen molar-refractivity contribution in [2.75, 3.05) is 18.4 Å². The summed E-state index contributed by atoms with van der Waals surface area (Å²) in [6.45, 7) is 8.18. The van der Waals surface area contributed by atoms with Crippen LogP contribution < -0.4 is 5.32 Å². The highest BCUT2D eigenvalue weighted by atomic mass is 16.2. The second-order valence-electron chi connectivity index (χ2n) is 6.99. The van der Waals surface area contributed by atoms with Gasteiger partial charge in [0.25, 0.3) is 5.91 Å². The fourth-order valence-electron chi connectivity index (χ4n) is 3.31. The van der Waals surface area contributed by atoms with Crippen LogP contribution in [0, 0.1) is 12.8 Å². The molecule has 1 aliphatic heterocycles. The predicted octanol–water partition coefficient (Wildman–Crippen LogP) is 4.57. The molecule has 1 fully saturated rings. The molecule has 1 aliphatic rings. The van der Waals surface area contributed by atoms with Crippen LogP contribution in [-0.4, -0.2) is 28.9 Å². The molecule has 132 valence electrons. The second-order valence-corrected chi connectivity index (χ2v) is 6.99. The number of hydrogen-bond acceptors (Lipinski definition) is 3. The largest absolute Gasteiger partial charge is 0.354 e. The van der Waals surface area contributed by atoms with Crippen molar-refractivity contribution in [2.45, 2.75) is 40.0 Å². The number of anilines is 2. The first-order valence-electron chi connectivity index (χ1n) is 9.19. The summed E-state index contributed by atoms with van der Waals surface area (Å²) in [6, 6.07) is 10.1. The van der Waals surface area contributed by atoms with Gasteiger partial charge in [-0.2, -0.15) is 0 Å². The van der Waals surface area contributed by atoms with Gasteiger partial charge >= 0.3 is 0 Å². The maximum atomic E-state index is 12.6. The molecule has 1 aromatic carbocycles. The van der Waals surface area contributed by atoms with E-state index in [-0.39, 0.29) is 5.91 Å². The molecule has 1 saturated heterocycles. The summed E-state index contributed by atoms with van der Waals surface area (Å²) in [4.78, 5) is 18.9. The number of pyridine rings is 1. The molecule has 1 N–H and O–H groups in total. The topological polar surface area (TPSA) is 45.2 Å². The van der Waals surface area contributed by atoms with Crippen LogP contribution in [0.5, 0.6) is 0 Å². The van der Waals surface area contributed by atoms with E-state index in [9.17, 15) is 4.79 Å². The molecular weight excluding hydrogens is 310 g/mol. The molecule has 0 saturated carbocycles. The molecule has 4 heteroatoms. The number of benzene rings is 1. The normalized spacial score (nSPS) is 15.2. The number of piperidine rings is 1. The van der Waals surface area contributed by atoms with E-state index in [0.717, 1.165) is 43.7 Å². The summed E-state index contributed by atoms with van der Waals surface area (Å²) in [5.41, 5.74) is 5.06. The minimum Gasteiger partial charge on any atom is -0.354 e. The molecule has 0 aliphatic carbocycles. The molecule has 1 aromatic heterocycles. The highest BCUT2D eigenvalue weighted by Crippen LogP contribution is 2.25. The lowest BCUT2D eigenvalue weighted by Crippen LogP contribution is -2.38. The first-order valence-corrected chi connectivity index (χ1v) is 9.19. The minimum absolute atomic E-state index is 0.0450. The third-order valence-electron chi connectivity index (χ3n) is 5.06. The molecule has 1 amide bonds. The Kier molecular flexibility index (Phi) is 5.37. The lowest BCUT2D eigenvalue weighted by Gasteiger charge is -2.30. The Morgan fingerprint density at radius 3 is 2.64 bits per heavy atom. The summed E-state index contributed by atoms with van der Waals surface area (Å²) in [5.74, 6) is 0.758. The molecule has 0 bridgehead atoms. The highest BCUT2D eigenvalue weighted by molar-refractivity contribution is 5.92. The van der Waals surface area contributed by atoms with E-state index in [4.69, 9.17) is 0 Å². The number of hydrogen-bond donors (Lipinski definition) is 1. The molecule has 0 spiro atoms. The molecule has 0 radical (unpaired) electrons. The van der Waals surface area contributed by atoms with Gasteiger partial charge in [-0.1, -0.05) is 32.0 Å². The zero-order valence-corrected chi connectivity index (χ0v) is 15.4. The van der Waals surface area contributed by atoms with Crippen molar-refractivity contribution in [3.8, 4) is 0 Å². The van der Waals surface area contributed by atoms with Crippen LogP contribution in [0.25, 0.3) is 0 Å². The van der Waals surface area contributed by atoms with E-state index < -0.39 is 0 Å². The molecule has 3 rings (SSSR count). The number of likely N-dealkylation sites (tertiary alicyclic amines) is 1. The number of rotatable bonds is 4. The van der Waals surface area contributed by atoms with E-state index in [1.807, 2.05) is 17.0 Å². The average molecular weight is 337 g/mol. The number of nitrogens with zero attached hydrogens (tertiary/aromatic N) is 2. The third kappa shape index (κ3) is 4.01. The monoisotopic (exact) mass is 337 g/mol.